The van der Waals surface area contributed by atoms with Crippen molar-refractivity contribution in [2.24, 2.45) is 5.92 Å². The van der Waals surface area contributed by atoms with Crippen LogP contribution in [0.2, 0.25) is 0 Å². The van der Waals surface area contributed by atoms with Gasteiger partial charge in [-0.3, -0.25) is 4.98 Å². The molecule has 6 nitrogen and oxygen atoms in total. The number of nitrogens with zero attached hydrogens (tertiary/aromatic N) is 2. The summed E-state index contributed by atoms with van der Waals surface area (Å²) in [6, 6.07) is 7.13. The maximum atomic E-state index is 12.1. The zero-order chi connectivity index (χ0) is 16.3. The van der Waals surface area contributed by atoms with E-state index in [0.29, 0.717) is 24.8 Å². The normalized spacial score (nSPS) is 14.7. The number of pyridine rings is 2. The summed E-state index contributed by atoms with van der Waals surface area (Å²) in [6.07, 6.45) is 5.34. The van der Waals surface area contributed by atoms with E-state index in [4.69, 9.17) is 0 Å². The van der Waals surface area contributed by atoms with Gasteiger partial charge in [0.25, 0.3) is 0 Å². The molecule has 122 valence electrons. The molecule has 2 heterocycles. The van der Waals surface area contributed by atoms with E-state index in [-0.39, 0.29) is 4.90 Å². The second-order valence-electron chi connectivity index (χ2n) is 5.79. The van der Waals surface area contributed by atoms with E-state index in [0.717, 1.165) is 24.1 Å². The van der Waals surface area contributed by atoms with Gasteiger partial charge in [0.2, 0.25) is 10.0 Å². The molecular weight excluding hydrogens is 312 g/mol. The van der Waals surface area contributed by atoms with Crippen molar-refractivity contribution in [1.29, 1.82) is 0 Å². The molecule has 2 aromatic heterocycles. The number of anilines is 1. The lowest BCUT2D eigenvalue weighted by molar-refractivity contribution is 0.577. The summed E-state index contributed by atoms with van der Waals surface area (Å²) in [5.41, 5.74) is 2.04. The largest absolute Gasteiger partial charge is 0.364 e. The Hall–Kier alpha value is -1.99. The predicted octanol–water partition coefficient (Wildman–Crippen LogP) is 2.09. The van der Waals surface area contributed by atoms with Crippen molar-refractivity contribution in [2.75, 3.05) is 11.9 Å². The number of hydrogen-bond acceptors (Lipinski definition) is 5. The minimum Gasteiger partial charge on any atom is -0.364 e. The summed E-state index contributed by atoms with van der Waals surface area (Å²) in [5.74, 6) is 1.12. The molecule has 0 radical (unpaired) electrons. The lowest BCUT2D eigenvalue weighted by Crippen LogP contribution is -2.26. The Kier molecular flexibility index (Phi) is 4.58. The van der Waals surface area contributed by atoms with Gasteiger partial charge in [-0.15, -0.1) is 0 Å². The number of aryl methyl sites for hydroxylation is 1. The summed E-state index contributed by atoms with van der Waals surface area (Å²) in [7, 11) is -3.46. The van der Waals surface area contributed by atoms with Crippen molar-refractivity contribution in [3.8, 4) is 0 Å². The van der Waals surface area contributed by atoms with E-state index in [1.54, 1.807) is 18.3 Å². The van der Waals surface area contributed by atoms with E-state index in [9.17, 15) is 8.42 Å². The molecule has 2 N–H and O–H groups in total. The molecule has 7 heteroatoms. The standard InChI is InChI=1S/C16H20N4O2S/c1-12-3-2-8-17-15(12)11-19-16-7-6-14(10-18-16)23(21,22)20-9-13-4-5-13/h2-3,6-8,10,13,20H,4-5,9,11H2,1H3,(H,18,19). The van der Waals surface area contributed by atoms with E-state index in [1.165, 1.54) is 6.20 Å². The van der Waals surface area contributed by atoms with E-state index in [1.807, 2.05) is 19.1 Å². The van der Waals surface area contributed by atoms with Gasteiger partial charge in [0, 0.05) is 18.9 Å². The van der Waals surface area contributed by atoms with Crippen molar-refractivity contribution in [1.82, 2.24) is 14.7 Å². The van der Waals surface area contributed by atoms with E-state index < -0.39 is 10.0 Å². The zero-order valence-electron chi connectivity index (χ0n) is 13.0. The Morgan fingerprint density at radius 3 is 2.70 bits per heavy atom. The highest BCUT2D eigenvalue weighted by atomic mass is 32.2. The smallest absolute Gasteiger partial charge is 0.242 e. The monoisotopic (exact) mass is 332 g/mol. The van der Waals surface area contributed by atoms with Gasteiger partial charge in [0.15, 0.2) is 0 Å². The van der Waals surface area contributed by atoms with Crippen LogP contribution in [-0.4, -0.2) is 24.9 Å². The van der Waals surface area contributed by atoms with Crippen molar-refractivity contribution in [3.63, 3.8) is 0 Å². The first-order valence-electron chi connectivity index (χ1n) is 7.65. The molecule has 0 atom stereocenters. The molecule has 0 unspecified atom stereocenters. The van der Waals surface area contributed by atoms with Gasteiger partial charge >= 0.3 is 0 Å². The predicted molar refractivity (Wildman–Crippen MR) is 88.5 cm³/mol. The number of nitrogens with one attached hydrogen (secondary N) is 2. The quantitative estimate of drug-likeness (QED) is 0.811. The summed E-state index contributed by atoms with van der Waals surface area (Å²) in [6.45, 7) is 3.06. The van der Waals surface area contributed by atoms with Gasteiger partial charge in [-0.1, -0.05) is 6.07 Å². The van der Waals surface area contributed by atoms with Crippen LogP contribution in [0, 0.1) is 12.8 Å². The highest BCUT2D eigenvalue weighted by molar-refractivity contribution is 7.89. The van der Waals surface area contributed by atoms with Crippen LogP contribution in [-0.2, 0) is 16.6 Å². The molecule has 2 aromatic rings. The first kappa shape index (κ1) is 15.9. The number of hydrogen-bond donors (Lipinski definition) is 2. The molecule has 1 saturated carbocycles. The van der Waals surface area contributed by atoms with Crippen LogP contribution in [0.15, 0.2) is 41.6 Å². The lowest BCUT2D eigenvalue weighted by Gasteiger charge is -2.09. The van der Waals surface area contributed by atoms with Crippen LogP contribution in [0.3, 0.4) is 0 Å². The SMILES string of the molecule is Cc1cccnc1CNc1ccc(S(=O)(=O)NCC2CC2)cn1. The molecule has 23 heavy (non-hydrogen) atoms. The van der Waals surface area contributed by atoms with Crippen molar-refractivity contribution >= 4 is 15.8 Å². The average Bonchev–Trinajstić information content (AvgIpc) is 3.37. The minimum atomic E-state index is -3.46. The average molecular weight is 332 g/mol. The van der Waals surface area contributed by atoms with Gasteiger partial charge in [0.05, 0.1) is 12.2 Å². The Bertz CT molecular complexity index is 771. The number of aromatic nitrogens is 2. The Balaban J connectivity index is 1.61. The summed E-state index contributed by atoms with van der Waals surface area (Å²) < 4.78 is 26.9. The number of rotatable bonds is 7. The van der Waals surface area contributed by atoms with Gasteiger partial charge in [0.1, 0.15) is 10.7 Å². The van der Waals surface area contributed by atoms with Crippen LogP contribution in [0.25, 0.3) is 0 Å². The second-order valence-corrected chi connectivity index (χ2v) is 7.56. The Labute approximate surface area is 136 Å². The molecule has 0 aromatic carbocycles. The van der Waals surface area contributed by atoms with Crippen LogP contribution >= 0.6 is 0 Å². The molecule has 0 spiro atoms. The molecule has 1 aliphatic carbocycles. The third kappa shape index (κ3) is 4.27. The molecule has 1 fully saturated rings. The molecule has 0 aliphatic heterocycles. The Morgan fingerprint density at radius 2 is 2.04 bits per heavy atom. The third-order valence-electron chi connectivity index (χ3n) is 3.86. The summed E-state index contributed by atoms with van der Waals surface area (Å²) >= 11 is 0. The third-order valence-corrected chi connectivity index (χ3v) is 5.27. The fraction of sp³-hybridized carbons (Fsp3) is 0.375. The van der Waals surface area contributed by atoms with E-state index >= 15 is 0 Å². The molecule has 0 amide bonds. The highest BCUT2D eigenvalue weighted by Crippen LogP contribution is 2.28. The molecule has 1 aliphatic rings. The summed E-state index contributed by atoms with van der Waals surface area (Å²) in [5, 5.41) is 3.15. The first-order chi connectivity index (χ1) is 11.0. The van der Waals surface area contributed by atoms with Crippen LogP contribution < -0.4 is 10.0 Å². The summed E-state index contributed by atoms with van der Waals surface area (Å²) in [4.78, 5) is 8.67. The van der Waals surface area contributed by atoms with Gasteiger partial charge < -0.3 is 5.32 Å². The second kappa shape index (κ2) is 6.64. The molecule has 0 bridgehead atoms. The molecular formula is C16H20N4O2S. The maximum Gasteiger partial charge on any atom is 0.242 e. The van der Waals surface area contributed by atoms with E-state index in [2.05, 4.69) is 20.0 Å². The fourth-order valence-corrected chi connectivity index (χ4v) is 3.21. The van der Waals surface area contributed by atoms with Crippen molar-refractivity contribution in [2.45, 2.75) is 31.2 Å². The first-order valence-corrected chi connectivity index (χ1v) is 9.13. The van der Waals surface area contributed by atoms with Gasteiger partial charge in [-0.2, -0.15) is 0 Å². The number of sulfonamides is 1. The molecule has 3 rings (SSSR count). The van der Waals surface area contributed by atoms with Crippen LogP contribution in [0.4, 0.5) is 5.82 Å². The van der Waals surface area contributed by atoms with Crippen molar-refractivity contribution < 1.29 is 8.42 Å². The molecule has 0 saturated heterocycles. The Morgan fingerprint density at radius 1 is 1.22 bits per heavy atom. The fourth-order valence-electron chi connectivity index (χ4n) is 2.15. The highest BCUT2D eigenvalue weighted by Gasteiger charge is 2.24. The topological polar surface area (TPSA) is 84.0 Å². The van der Waals surface area contributed by atoms with Crippen molar-refractivity contribution in [3.05, 3.63) is 47.9 Å². The van der Waals surface area contributed by atoms with Crippen LogP contribution in [0.5, 0.6) is 0 Å². The van der Waals surface area contributed by atoms with Gasteiger partial charge in [-0.25, -0.2) is 18.1 Å². The van der Waals surface area contributed by atoms with Gasteiger partial charge in [-0.05, 0) is 49.4 Å². The van der Waals surface area contributed by atoms with Crippen LogP contribution in [0.1, 0.15) is 24.1 Å². The lowest BCUT2D eigenvalue weighted by atomic mass is 10.2. The minimum absolute atomic E-state index is 0.192. The maximum absolute atomic E-state index is 12.1. The zero-order valence-corrected chi connectivity index (χ0v) is 13.8.